The van der Waals surface area contributed by atoms with Gasteiger partial charge in [0.25, 0.3) is 0 Å². The highest BCUT2D eigenvalue weighted by Gasteiger charge is 3.03. The zero-order valence-electron chi connectivity index (χ0n) is 14.4. The summed E-state index contributed by atoms with van der Waals surface area (Å²) in [5.74, 6) is 11.6. The third-order valence-corrected chi connectivity index (χ3v) is 13.9. The Labute approximate surface area is 153 Å². The van der Waals surface area contributed by atoms with Crippen molar-refractivity contribution in [1.29, 1.82) is 0 Å². The van der Waals surface area contributed by atoms with E-state index in [2.05, 4.69) is 0 Å². The molecule has 0 radical (unpaired) electrons. The number of hydrogen-bond donors (Lipinski definition) is 0. The van der Waals surface area contributed by atoms with Gasteiger partial charge in [-0.15, -0.1) is 0 Å². The average Bonchev–Trinajstić information content (AvgIpc) is 3.30. The summed E-state index contributed by atoms with van der Waals surface area (Å²) in [5.41, 5.74) is -0.690. The molecule has 0 aliphatic heterocycles. The van der Waals surface area contributed by atoms with E-state index in [0.717, 1.165) is 59.2 Å². The zero-order valence-corrected chi connectivity index (χ0v) is 14.4. The van der Waals surface area contributed by atoms with Crippen LogP contribution in [-0.4, -0.2) is 17.7 Å². The van der Waals surface area contributed by atoms with Crippen LogP contribution >= 0.6 is 0 Å². The highest BCUT2D eigenvalue weighted by molar-refractivity contribution is 5.76. The van der Waals surface area contributed by atoms with Crippen molar-refractivity contribution < 1.29 is 22.7 Å². The van der Waals surface area contributed by atoms with E-state index in [1.165, 1.54) is 0 Å². The number of rotatable bonds is 1. The van der Waals surface area contributed by atoms with Gasteiger partial charge in [0.2, 0.25) is 0 Å². The molecule has 12 fully saturated rings. The number of esters is 1. The SMILES string of the molecule is O=C(OC12C3[C@@H]4[C@@H]5C6C7C8[C@@H]9[C@@H]6[C@@H]4C1[C@@H]9[C@@H]1C2[C@H]2[C@@H](C7[C@@H]5[C@@H]32)[C@H]81)C(F)(F)F. The van der Waals surface area contributed by atoms with Gasteiger partial charge >= 0.3 is 12.1 Å². The number of ether oxygens (including phenoxy) is 1. The van der Waals surface area contributed by atoms with Crippen molar-refractivity contribution in [1.82, 2.24) is 0 Å². The molecule has 12 aliphatic rings. The molecule has 12 saturated carbocycles. The van der Waals surface area contributed by atoms with Crippen LogP contribution in [0.4, 0.5) is 13.2 Å². The van der Waals surface area contributed by atoms with Crippen LogP contribution in [0.25, 0.3) is 0 Å². The van der Waals surface area contributed by atoms with Gasteiger partial charge in [-0.25, -0.2) is 4.79 Å². The lowest BCUT2D eigenvalue weighted by Gasteiger charge is -2.39. The standard InChI is InChI=1S/C22H19F3O2/c23-22(24,25)20(26)27-21-17-11-5-2-1-3-7(5)13(17)15-9(3)10-4(1)8-6(2)12(11)18(21)14(8)16(10)19(15)21/h1-19H/t1?,2?,3?,4?,5-,6-,7-,8+,9+,10+,11-,12+,13+,14+,15-,16-,17?,18?,19?,21?/m0/s1. The van der Waals surface area contributed by atoms with Crippen LogP contribution in [0.1, 0.15) is 0 Å². The van der Waals surface area contributed by atoms with E-state index in [1.54, 1.807) is 0 Å². The van der Waals surface area contributed by atoms with Gasteiger partial charge < -0.3 is 4.74 Å². The van der Waals surface area contributed by atoms with E-state index < -0.39 is 17.7 Å². The van der Waals surface area contributed by atoms with Crippen molar-refractivity contribution in [2.45, 2.75) is 11.8 Å². The summed E-state index contributed by atoms with van der Waals surface area (Å²) in [6.07, 6.45) is -4.84. The molecule has 0 heterocycles. The minimum atomic E-state index is -4.84. The second-order valence-corrected chi connectivity index (χ2v) is 12.6. The maximum absolute atomic E-state index is 13.3. The van der Waals surface area contributed by atoms with Crippen LogP contribution in [0, 0.1) is 112 Å². The van der Waals surface area contributed by atoms with Crippen molar-refractivity contribution in [3.63, 3.8) is 0 Å². The number of halogens is 3. The molecule has 0 aromatic rings. The smallest absolute Gasteiger partial charge is 0.451 e. The van der Waals surface area contributed by atoms with E-state index in [0.29, 0.717) is 53.3 Å². The van der Waals surface area contributed by atoms with Gasteiger partial charge in [0.1, 0.15) is 5.60 Å². The largest absolute Gasteiger partial charge is 0.490 e. The molecule has 0 aromatic heterocycles. The Balaban J connectivity index is 1.26. The highest BCUT2D eigenvalue weighted by atomic mass is 19.4. The van der Waals surface area contributed by atoms with Crippen LogP contribution in [0.5, 0.6) is 0 Å². The first-order valence-electron chi connectivity index (χ1n) is 11.3. The van der Waals surface area contributed by atoms with Crippen LogP contribution in [0.15, 0.2) is 0 Å². The lowest BCUT2D eigenvalue weighted by Crippen LogP contribution is -2.49. The monoisotopic (exact) mass is 372 g/mol. The topological polar surface area (TPSA) is 26.3 Å². The molecule has 27 heavy (non-hydrogen) atoms. The highest BCUT2D eigenvalue weighted by Crippen LogP contribution is 3.03. The molecule has 5 heteroatoms. The normalized spacial score (nSPS) is 86.3. The minimum Gasteiger partial charge on any atom is -0.451 e. The van der Waals surface area contributed by atoms with Gasteiger partial charge in [0, 0.05) is 17.8 Å². The van der Waals surface area contributed by atoms with Crippen LogP contribution in [0.2, 0.25) is 0 Å². The van der Waals surface area contributed by atoms with Crippen LogP contribution in [0.3, 0.4) is 0 Å². The van der Waals surface area contributed by atoms with Crippen LogP contribution < -0.4 is 0 Å². The third-order valence-electron chi connectivity index (χ3n) is 13.9. The summed E-state index contributed by atoms with van der Waals surface area (Å²) >= 11 is 0. The lowest BCUT2D eigenvalue weighted by molar-refractivity contribution is -0.223. The van der Waals surface area contributed by atoms with E-state index in [1.807, 2.05) is 0 Å². The molecule has 0 bridgehead atoms. The first-order valence-corrected chi connectivity index (χ1v) is 11.3. The molecule has 140 valence electrons. The zero-order chi connectivity index (χ0) is 17.3. The summed E-state index contributed by atoms with van der Waals surface area (Å²) in [7, 11) is 0. The van der Waals surface area contributed by atoms with Gasteiger partial charge in [-0.2, -0.15) is 13.2 Å². The van der Waals surface area contributed by atoms with Gasteiger partial charge in [0.05, 0.1) is 0 Å². The first-order chi connectivity index (χ1) is 13.0. The Morgan fingerprint density at radius 1 is 0.556 bits per heavy atom. The van der Waals surface area contributed by atoms with E-state index in [4.69, 9.17) is 4.74 Å². The molecule has 0 aromatic carbocycles. The van der Waals surface area contributed by atoms with Crippen molar-refractivity contribution in [2.75, 3.05) is 0 Å². The number of alkyl halides is 3. The summed E-state index contributed by atoms with van der Waals surface area (Å²) in [5, 5.41) is 0. The fraction of sp³-hybridized carbons (Fsp3) is 0.955. The lowest BCUT2D eigenvalue weighted by atomic mass is 9.74. The predicted molar refractivity (Wildman–Crippen MR) is 81.2 cm³/mol. The molecular weight excluding hydrogens is 353 g/mol. The van der Waals surface area contributed by atoms with Crippen molar-refractivity contribution in [2.24, 2.45) is 112 Å². The predicted octanol–water partition coefficient (Wildman–Crippen LogP) is 2.69. The van der Waals surface area contributed by atoms with Gasteiger partial charge in [0.15, 0.2) is 0 Å². The number of carbonyl (C=O) groups excluding carboxylic acids is 1. The Morgan fingerprint density at radius 3 is 1.07 bits per heavy atom. The summed E-state index contributed by atoms with van der Waals surface area (Å²) in [4.78, 5) is 12.2. The molecule has 12 rings (SSSR count). The first kappa shape index (κ1) is 12.7. The fourth-order valence-electron chi connectivity index (χ4n) is 15.8. The third kappa shape index (κ3) is 0.736. The molecule has 12 aliphatic carbocycles. The molecule has 2 nitrogen and oxygen atoms in total. The van der Waals surface area contributed by atoms with Gasteiger partial charge in [-0.05, 0) is 94.7 Å². The molecule has 8 unspecified atom stereocenters. The van der Waals surface area contributed by atoms with E-state index in [9.17, 15) is 18.0 Å². The van der Waals surface area contributed by atoms with Crippen molar-refractivity contribution in [3.05, 3.63) is 0 Å². The maximum Gasteiger partial charge on any atom is 0.490 e. The Kier molecular flexibility index (Phi) is 1.34. The molecule has 0 saturated heterocycles. The second-order valence-electron chi connectivity index (χ2n) is 12.6. The van der Waals surface area contributed by atoms with Crippen LogP contribution in [-0.2, 0) is 9.53 Å². The Bertz CT molecular complexity index is 812. The maximum atomic E-state index is 13.3. The number of carbonyl (C=O) groups is 1. The fourth-order valence-corrected chi connectivity index (χ4v) is 15.8. The summed E-state index contributed by atoms with van der Waals surface area (Å²) < 4.78 is 45.8. The second kappa shape index (κ2) is 2.85. The molecule has 20 atom stereocenters. The molecule has 0 spiro atoms. The molecular formula is C22H19F3O2. The van der Waals surface area contributed by atoms with Gasteiger partial charge in [-0.1, -0.05) is 0 Å². The minimum absolute atomic E-state index is 0.314. The number of hydrogen-bond acceptors (Lipinski definition) is 2. The Morgan fingerprint density at radius 2 is 0.815 bits per heavy atom. The summed E-state index contributed by atoms with van der Waals surface area (Å²) in [6.45, 7) is 0. The summed E-state index contributed by atoms with van der Waals surface area (Å²) in [6, 6.07) is 0. The van der Waals surface area contributed by atoms with Crippen molar-refractivity contribution in [3.8, 4) is 0 Å². The molecule has 0 amide bonds. The van der Waals surface area contributed by atoms with E-state index in [-0.39, 0.29) is 0 Å². The van der Waals surface area contributed by atoms with Crippen molar-refractivity contribution >= 4 is 5.97 Å². The Hall–Kier alpha value is -0.740. The van der Waals surface area contributed by atoms with Gasteiger partial charge in [-0.3, -0.25) is 0 Å². The average molecular weight is 372 g/mol. The van der Waals surface area contributed by atoms with E-state index >= 15 is 0 Å². The molecule has 0 N–H and O–H groups in total. The quantitative estimate of drug-likeness (QED) is 0.662.